The quantitative estimate of drug-likeness (QED) is 0.693. The standard InChI is InChI=1S/C13H20N4O/c1-17-6-4-10(5-7-17)16-12-8-9(14)2-3-11(12)13(15)18/h2-3,8,10,16H,4-7,14H2,1H3,(H2,15,18). The van der Waals surface area contributed by atoms with Gasteiger partial charge in [-0.2, -0.15) is 0 Å². The van der Waals surface area contributed by atoms with Crippen LogP contribution in [0.4, 0.5) is 11.4 Å². The lowest BCUT2D eigenvalue weighted by Gasteiger charge is -2.30. The Balaban J connectivity index is 2.12. The van der Waals surface area contributed by atoms with Crippen molar-refractivity contribution in [3.63, 3.8) is 0 Å². The summed E-state index contributed by atoms with van der Waals surface area (Å²) < 4.78 is 0. The fraction of sp³-hybridized carbons (Fsp3) is 0.462. The Morgan fingerprint density at radius 1 is 1.39 bits per heavy atom. The number of carbonyl (C=O) groups excluding carboxylic acids is 1. The number of amides is 1. The Bertz CT molecular complexity index is 439. The second-order valence-electron chi connectivity index (χ2n) is 4.89. The number of primary amides is 1. The number of nitrogens with two attached hydrogens (primary N) is 2. The normalized spacial score (nSPS) is 17.6. The first-order valence-corrected chi connectivity index (χ1v) is 6.20. The highest BCUT2D eigenvalue weighted by Gasteiger charge is 2.18. The molecule has 2 rings (SSSR count). The van der Waals surface area contributed by atoms with Gasteiger partial charge < -0.3 is 21.7 Å². The molecule has 1 aliphatic heterocycles. The van der Waals surface area contributed by atoms with Crippen LogP contribution in [-0.2, 0) is 0 Å². The number of anilines is 2. The highest BCUT2D eigenvalue weighted by atomic mass is 16.1. The fourth-order valence-electron chi connectivity index (χ4n) is 2.27. The summed E-state index contributed by atoms with van der Waals surface area (Å²) >= 11 is 0. The van der Waals surface area contributed by atoms with E-state index in [9.17, 15) is 4.79 Å². The Kier molecular flexibility index (Phi) is 3.72. The maximum Gasteiger partial charge on any atom is 0.250 e. The van der Waals surface area contributed by atoms with Gasteiger partial charge in [0.05, 0.1) is 5.56 Å². The summed E-state index contributed by atoms with van der Waals surface area (Å²) in [7, 11) is 2.12. The predicted octanol–water partition coefficient (Wildman–Crippen LogP) is 0.874. The van der Waals surface area contributed by atoms with Gasteiger partial charge in [0, 0.05) is 17.4 Å². The van der Waals surface area contributed by atoms with Gasteiger partial charge >= 0.3 is 0 Å². The molecule has 0 spiro atoms. The van der Waals surface area contributed by atoms with Crippen LogP contribution in [-0.4, -0.2) is 37.0 Å². The molecule has 0 atom stereocenters. The van der Waals surface area contributed by atoms with E-state index in [1.165, 1.54) is 0 Å². The molecular formula is C13H20N4O. The molecule has 18 heavy (non-hydrogen) atoms. The first-order valence-electron chi connectivity index (χ1n) is 6.20. The van der Waals surface area contributed by atoms with Gasteiger partial charge in [0.15, 0.2) is 0 Å². The number of piperidine rings is 1. The minimum Gasteiger partial charge on any atom is -0.399 e. The molecule has 1 aliphatic rings. The van der Waals surface area contributed by atoms with E-state index in [2.05, 4.69) is 17.3 Å². The number of hydrogen-bond acceptors (Lipinski definition) is 4. The van der Waals surface area contributed by atoms with E-state index < -0.39 is 5.91 Å². The second-order valence-corrected chi connectivity index (χ2v) is 4.89. The molecule has 5 N–H and O–H groups in total. The van der Waals surface area contributed by atoms with Crippen LogP contribution in [0.3, 0.4) is 0 Å². The van der Waals surface area contributed by atoms with Crippen molar-refractivity contribution in [1.29, 1.82) is 0 Å². The molecular weight excluding hydrogens is 228 g/mol. The summed E-state index contributed by atoms with van der Waals surface area (Å²) in [6, 6.07) is 5.52. The second kappa shape index (κ2) is 5.27. The number of likely N-dealkylation sites (tertiary alicyclic amines) is 1. The SMILES string of the molecule is CN1CCC(Nc2cc(N)ccc2C(N)=O)CC1. The van der Waals surface area contributed by atoms with Crippen molar-refractivity contribution in [2.75, 3.05) is 31.2 Å². The highest BCUT2D eigenvalue weighted by Crippen LogP contribution is 2.22. The number of hydrogen-bond donors (Lipinski definition) is 3. The Morgan fingerprint density at radius 2 is 2.06 bits per heavy atom. The van der Waals surface area contributed by atoms with Gasteiger partial charge in [-0.15, -0.1) is 0 Å². The molecule has 98 valence electrons. The van der Waals surface area contributed by atoms with Crippen LogP contribution >= 0.6 is 0 Å². The zero-order valence-corrected chi connectivity index (χ0v) is 10.6. The van der Waals surface area contributed by atoms with Gasteiger partial charge in [0.2, 0.25) is 0 Å². The zero-order chi connectivity index (χ0) is 13.1. The number of carbonyl (C=O) groups is 1. The lowest BCUT2D eigenvalue weighted by Crippen LogP contribution is -2.37. The molecule has 0 saturated carbocycles. The van der Waals surface area contributed by atoms with Crippen LogP contribution in [0.1, 0.15) is 23.2 Å². The van der Waals surface area contributed by atoms with Crippen LogP contribution in [0.15, 0.2) is 18.2 Å². The van der Waals surface area contributed by atoms with Crippen molar-refractivity contribution in [2.24, 2.45) is 5.73 Å². The molecule has 0 bridgehead atoms. The van der Waals surface area contributed by atoms with Crippen LogP contribution in [0, 0.1) is 0 Å². The van der Waals surface area contributed by atoms with Gasteiger partial charge in [-0.1, -0.05) is 0 Å². The molecule has 1 amide bonds. The molecule has 1 aromatic carbocycles. The van der Waals surface area contributed by atoms with E-state index in [4.69, 9.17) is 11.5 Å². The third kappa shape index (κ3) is 2.92. The molecule has 1 aromatic rings. The first kappa shape index (κ1) is 12.7. The summed E-state index contributed by atoms with van der Waals surface area (Å²) in [6.45, 7) is 2.12. The van der Waals surface area contributed by atoms with Crippen molar-refractivity contribution in [2.45, 2.75) is 18.9 Å². The van der Waals surface area contributed by atoms with Crippen molar-refractivity contribution in [3.8, 4) is 0 Å². The van der Waals surface area contributed by atoms with E-state index in [0.29, 0.717) is 17.3 Å². The average Bonchev–Trinajstić information content (AvgIpc) is 2.32. The van der Waals surface area contributed by atoms with Crippen molar-refractivity contribution in [1.82, 2.24) is 4.90 Å². The molecule has 5 nitrogen and oxygen atoms in total. The molecule has 1 heterocycles. The summed E-state index contributed by atoms with van der Waals surface area (Å²) in [5.41, 5.74) is 13.0. The third-order valence-electron chi connectivity index (χ3n) is 3.39. The molecule has 0 unspecified atom stereocenters. The number of nitrogens with one attached hydrogen (secondary N) is 1. The zero-order valence-electron chi connectivity index (χ0n) is 10.6. The largest absolute Gasteiger partial charge is 0.399 e. The number of rotatable bonds is 3. The van der Waals surface area contributed by atoms with E-state index >= 15 is 0 Å². The van der Waals surface area contributed by atoms with Gasteiger partial charge in [0.1, 0.15) is 0 Å². The lowest BCUT2D eigenvalue weighted by atomic mass is 10.0. The van der Waals surface area contributed by atoms with Gasteiger partial charge in [-0.05, 0) is 51.2 Å². The Hall–Kier alpha value is -1.75. The number of nitrogens with zero attached hydrogens (tertiary/aromatic N) is 1. The smallest absolute Gasteiger partial charge is 0.250 e. The Morgan fingerprint density at radius 3 is 2.67 bits per heavy atom. The Labute approximate surface area is 107 Å². The average molecular weight is 248 g/mol. The van der Waals surface area contributed by atoms with Crippen LogP contribution in [0.25, 0.3) is 0 Å². The van der Waals surface area contributed by atoms with Crippen molar-refractivity contribution >= 4 is 17.3 Å². The molecule has 5 heteroatoms. The molecule has 1 saturated heterocycles. The van der Waals surface area contributed by atoms with Crippen LogP contribution < -0.4 is 16.8 Å². The van der Waals surface area contributed by atoms with Gasteiger partial charge in [-0.3, -0.25) is 4.79 Å². The van der Waals surface area contributed by atoms with Gasteiger partial charge in [0.25, 0.3) is 5.91 Å². The molecule has 1 fully saturated rings. The monoisotopic (exact) mass is 248 g/mol. The van der Waals surface area contributed by atoms with E-state index in [1.807, 2.05) is 0 Å². The minimum atomic E-state index is -0.426. The summed E-state index contributed by atoms with van der Waals surface area (Å²) in [4.78, 5) is 13.7. The number of nitrogen functional groups attached to an aromatic ring is 1. The molecule has 0 radical (unpaired) electrons. The maximum absolute atomic E-state index is 11.4. The first-order chi connectivity index (χ1) is 8.56. The topological polar surface area (TPSA) is 84.4 Å². The molecule has 0 aliphatic carbocycles. The summed E-state index contributed by atoms with van der Waals surface area (Å²) in [6.07, 6.45) is 2.12. The maximum atomic E-state index is 11.4. The fourth-order valence-corrected chi connectivity index (χ4v) is 2.27. The highest BCUT2D eigenvalue weighted by molar-refractivity contribution is 5.99. The lowest BCUT2D eigenvalue weighted by molar-refractivity contribution is 0.100. The summed E-state index contributed by atoms with van der Waals surface area (Å²) in [5.74, 6) is -0.426. The third-order valence-corrected chi connectivity index (χ3v) is 3.39. The molecule has 0 aromatic heterocycles. The van der Waals surface area contributed by atoms with Crippen LogP contribution in [0.2, 0.25) is 0 Å². The summed E-state index contributed by atoms with van der Waals surface area (Å²) in [5, 5.41) is 3.38. The van der Waals surface area contributed by atoms with Crippen molar-refractivity contribution < 1.29 is 4.79 Å². The van der Waals surface area contributed by atoms with E-state index in [0.717, 1.165) is 31.6 Å². The van der Waals surface area contributed by atoms with Crippen LogP contribution in [0.5, 0.6) is 0 Å². The predicted molar refractivity (Wildman–Crippen MR) is 73.5 cm³/mol. The number of benzene rings is 1. The van der Waals surface area contributed by atoms with Gasteiger partial charge in [-0.25, -0.2) is 0 Å². The van der Waals surface area contributed by atoms with Crippen molar-refractivity contribution in [3.05, 3.63) is 23.8 Å². The minimum absolute atomic E-state index is 0.376. The van der Waals surface area contributed by atoms with E-state index in [1.54, 1.807) is 18.2 Å². The van der Waals surface area contributed by atoms with E-state index in [-0.39, 0.29) is 0 Å².